The number of nitrogens with one attached hydrogen (secondary N) is 2. The number of carbonyl (C=O) groups is 2. The highest BCUT2D eigenvalue weighted by molar-refractivity contribution is 8.77. The maximum absolute atomic E-state index is 12.8. The molecule has 0 spiro atoms. The summed E-state index contributed by atoms with van der Waals surface area (Å²) in [4.78, 5) is 37.2. The van der Waals surface area contributed by atoms with E-state index in [1.165, 1.54) is 27.9 Å². The third-order valence-corrected chi connectivity index (χ3v) is 15.5. The van der Waals surface area contributed by atoms with Gasteiger partial charge in [-0.25, -0.2) is 15.0 Å². The van der Waals surface area contributed by atoms with Gasteiger partial charge in [0.25, 0.3) is 5.91 Å². The number of carbonyl (C=O) groups excluding carboxylic acids is 2. The van der Waals surface area contributed by atoms with E-state index < -0.39 is 37.5 Å². The number of imidazole rings is 1. The first-order valence-corrected chi connectivity index (χ1v) is 20.2. The Kier molecular flexibility index (Phi) is 11.7. The number of hydrogen-bond donors (Lipinski definition) is 2. The van der Waals surface area contributed by atoms with E-state index in [0.717, 1.165) is 0 Å². The summed E-state index contributed by atoms with van der Waals surface area (Å²) in [7, 11) is 0.538. The summed E-state index contributed by atoms with van der Waals surface area (Å²) in [6.45, 7) is 14.4. The fourth-order valence-electron chi connectivity index (χ4n) is 4.35. The lowest BCUT2D eigenvalue weighted by molar-refractivity contribution is -0.173. The van der Waals surface area contributed by atoms with Crippen molar-refractivity contribution in [3.05, 3.63) is 48.5 Å². The average Bonchev–Trinajstić information content (AvgIpc) is 3.61. The summed E-state index contributed by atoms with van der Waals surface area (Å²) < 4.78 is 58.2. The molecule has 47 heavy (non-hydrogen) atoms. The molecular formula is C30H41F3N6O5S2Si. The van der Waals surface area contributed by atoms with Crippen LogP contribution in [0, 0.1) is 0 Å². The van der Waals surface area contributed by atoms with E-state index in [4.69, 9.17) is 13.9 Å². The van der Waals surface area contributed by atoms with Crippen LogP contribution in [0.2, 0.25) is 18.1 Å². The van der Waals surface area contributed by atoms with Crippen molar-refractivity contribution in [2.45, 2.75) is 88.5 Å². The minimum absolute atomic E-state index is 0.0149. The van der Waals surface area contributed by atoms with Gasteiger partial charge >= 0.3 is 12.1 Å². The molecule has 3 heterocycles. The molecule has 1 fully saturated rings. The standard InChI is InChI=1S/C30H41F3N6O5S2Si/c1-28(2,3)47(6,7)43-14-21-20(42-18-45-46-29(4,5)15-34-27(41)30(31,32)33)13-22(44-21)39-17-37-23-24(35-16-36-25(23)39)38-26(40)19-11-9-8-10-12-19/h8-12,16-17,20-22H,13-15,18H2,1-7H3,(H,34,41)(H,35,36,38,40)/t20?,21-,22-/m1/s1. The summed E-state index contributed by atoms with van der Waals surface area (Å²) in [6, 6.07) is 8.78. The number of hydrogen-bond acceptors (Lipinski definition) is 10. The maximum atomic E-state index is 12.8. The quantitative estimate of drug-likeness (QED) is 0.0869. The Bertz CT molecular complexity index is 1540. The van der Waals surface area contributed by atoms with Gasteiger partial charge in [0.1, 0.15) is 24.6 Å². The normalized spacial score (nSPS) is 19.2. The first-order valence-electron chi connectivity index (χ1n) is 15.0. The minimum Gasteiger partial charge on any atom is -0.414 e. The van der Waals surface area contributed by atoms with Crippen LogP contribution in [0.1, 0.15) is 57.6 Å². The molecule has 2 N–H and O–H groups in total. The van der Waals surface area contributed by atoms with E-state index in [0.29, 0.717) is 29.8 Å². The van der Waals surface area contributed by atoms with E-state index >= 15 is 0 Å². The Hall–Kier alpha value is -2.70. The van der Waals surface area contributed by atoms with Crippen LogP contribution < -0.4 is 10.6 Å². The number of ether oxygens (including phenoxy) is 2. The van der Waals surface area contributed by atoms with Crippen LogP contribution >= 0.6 is 21.6 Å². The van der Waals surface area contributed by atoms with Gasteiger partial charge in [-0.2, -0.15) is 13.2 Å². The van der Waals surface area contributed by atoms with Crippen molar-refractivity contribution in [2.75, 3.05) is 24.4 Å². The Morgan fingerprint density at radius 2 is 1.79 bits per heavy atom. The van der Waals surface area contributed by atoms with E-state index in [9.17, 15) is 22.8 Å². The van der Waals surface area contributed by atoms with E-state index in [-0.39, 0.29) is 35.4 Å². The number of aromatic nitrogens is 4. The third-order valence-electron chi connectivity index (χ3n) is 8.08. The van der Waals surface area contributed by atoms with Crippen LogP contribution in [0.15, 0.2) is 43.0 Å². The van der Waals surface area contributed by atoms with Crippen LogP contribution in [-0.4, -0.2) is 81.9 Å². The van der Waals surface area contributed by atoms with E-state index in [1.54, 1.807) is 49.0 Å². The number of fused-ring (bicyclic) bond motifs is 1. The predicted octanol–water partition coefficient (Wildman–Crippen LogP) is 6.57. The van der Waals surface area contributed by atoms with Crippen LogP contribution in [0.4, 0.5) is 19.0 Å². The number of benzene rings is 1. The fourth-order valence-corrected chi connectivity index (χ4v) is 7.54. The van der Waals surface area contributed by atoms with Gasteiger partial charge in [0.15, 0.2) is 25.3 Å². The molecule has 1 saturated heterocycles. The molecule has 1 aliphatic heterocycles. The second kappa shape index (κ2) is 14.8. The van der Waals surface area contributed by atoms with Crippen molar-refractivity contribution in [1.29, 1.82) is 0 Å². The zero-order valence-corrected chi connectivity index (χ0v) is 30.0. The topological polar surface area (TPSA) is 129 Å². The van der Waals surface area contributed by atoms with Gasteiger partial charge in [-0.15, -0.1) is 0 Å². The molecular weight excluding hydrogens is 674 g/mol. The molecule has 1 unspecified atom stereocenters. The molecule has 0 saturated carbocycles. The molecule has 0 bridgehead atoms. The molecule has 1 aliphatic rings. The number of anilines is 1. The molecule has 0 aliphatic carbocycles. The third kappa shape index (κ3) is 9.69. The Labute approximate surface area is 281 Å². The zero-order valence-electron chi connectivity index (χ0n) is 27.4. The number of rotatable bonds is 13. The van der Waals surface area contributed by atoms with E-state index in [2.05, 4.69) is 54.1 Å². The fraction of sp³-hybridized carbons (Fsp3) is 0.567. The lowest BCUT2D eigenvalue weighted by Gasteiger charge is -2.37. The monoisotopic (exact) mass is 714 g/mol. The molecule has 2 amide bonds. The smallest absolute Gasteiger partial charge is 0.414 e. The first-order chi connectivity index (χ1) is 21.9. The van der Waals surface area contributed by atoms with Crippen molar-refractivity contribution in [3.63, 3.8) is 0 Å². The number of nitrogens with zero attached hydrogens (tertiary/aromatic N) is 4. The SMILES string of the molecule is CC(C)(CNC(=O)C(F)(F)F)SSCOC1C[C@H](n2cnc3c(NC(=O)c4ccccc4)ncnc32)O[C@@H]1CO[Si](C)(C)C(C)(C)C. The van der Waals surface area contributed by atoms with Crippen molar-refractivity contribution in [1.82, 2.24) is 24.8 Å². The van der Waals surface area contributed by atoms with Crippen molar-refractivity contribution >= 4 is 58.7 Å². The van der Waals surface area contributed by atoms with Crippen LogP contribution in [0.25, 0.3) is 11.2 Å². The molecule has 4 rings (SSSR count). The lowest BCUT2D eigenvalue weighted by Crippen LogP contribution is -2.44. The second-order valence-electron chi connectivity index (χ2n) is 13.3. The summed E-state index contributed by atoms with van der Waals surface area (Å²) in [5.74, 6) is -1.79. The number of halogens is 3. The highest BCUT2D eigenvalue weighted by Crippen LogP contribution is 2.40. The minimum atomic E-state index is -4.93. The highest BCUT2D eigenvalue weighted by Gasteiger charge is 2.43. The second-order valence-corrected chi connectivity index (χ2v) is 21.0. The largest absolute Gasteiger partial charge is 0.471 e. The van der Waals surface area contributed by atoms with Crippen molar-refractivity contribution < 1.29 is 36.7 Å². The molecule has 17 heteroatoms. The summed E-state index contributed by atoms with van der Waals surface area (Å²) >= 11 is 0. The lowest BCUT2D eigenvalue weighted by atomic mass is 10.2. The summed E-state index contributed by atoms with van der Waals surface area (Å²) in [6.07, 6.45) is -2.83. The van der Waals surface area contributed by atoms with Crippen LogP contribution in [0.5, 0.6) is 0 Å². The van der Waals surface area contributed by atoms with Crippen molar-refractivity contribution in [3.8, 4) is 0 Å². The molecule has 2 aromatic heterocycles. The molecule has 3 atom stereocenters. The van der Waals surface area contributed by atoms with E-state index in [1.807, 2.05) is 11.4 Å². The number of amides is 2. The Morgan fingerprint density at radius 1 is 1.09 bits per heavy atom. The van der Waals surface area contributed by atoms with Crippen LogP contribution in [0.3, 0.4) is 0 Å². The average molecular weight is 715 g/mol. The van der Waals surface area contributed by atoms with Gasteiger partial charge in [0.2, 0.25) is 0 Å². The van der Waals surface area contributed by atoms with Crippen LogP contribution in [-0.2, 0) is 18.7 Å². The van der Waals surface area contributed by atoms with Gasteiger partial charge < -0.3 is 24.5 Å². The predicted molar refractivity (Wildman–Crippen MR) is 179 cm³/mol. The van der Waals surface area contributed by atoms with Gasteiger partial charge in [0.05, 0.1) is 19.0 Å². The van der Waals surface area contributed by atoms with Crippen molar-refractivity contribution in [2.24, 2.45) is 0 Å². The van der Waals surface area contributed by atoms with Gasteiger partial charge in [-0.1, -0.05) is 60.6 Å². The first kappa shape index (κ1) is 37.1. The van der Waals surface area contributed by atoms with Gasteiger partial charge in [-0.3, -0.25) is 14.2 Å². The summed E-state index contributed by atoms with van der Waals surface area (Å²) in [5.41, 5.74) is 1.36. The number of alkyl halides is 3. The molecule has 3 aromatic rings. The Balaban J connectivity index is 1.45. The molecule has 258 valence electrons. The Morgan fingerprint density at radius 3 is 2.45 bits per heavy atom. The zero-order chi connectivity index (χ0) is 34.6. The summed E-state index contributed by atoms with van der Waals surface area (Å²) in [5, 5.41) is 4.74. The van der Waals surface area contributed by atoms with Gasteiger partial charge in [-0.05, 0) is 44.1 Å². The maximum Gasteiger partial charge on any atom is 0.471 e. The highest BCUT2D eigenvalue weighted by atomic mass is 33.1. The van der Waals surface area contributed by atoms with Gasteiger partial charge in [0, 0.05) is 23.3 Å². The molecule has 1 aromatic carbocycles. The molecule has 11 nitrogen and oxygen atoms in total. The molecule has 0 radical (unpaired) electrons.